The summed E-state index contributed by atoms with van der Waals surface area (Å²) in [6, 6.07) is 8.82. The fourth-order valence-corrected chi connectivity index (χ4v) is 4.81. The Bertz CT molecular complexity index is 866. The van der Waals surface area contributed by atoms with Crippen LogP contribution in [0.2, 0.25) is 0 Å². The standard InChI is InChI=1S/C18H24N4O3S/c1-2-3-13-4-6-15(7-5-13)26(24,25)22-10-8-14(9-11-22)16-12-17(18(19)23)21-20-16/h4-7,12,14H,2-3,8-11H2,1H3,(H2,19,23)(H,20,21). The van der Waals surface area contributed by atoms with Crippen LogP contribution in [-0.2, 0) is 16.4 Å². The summed E-state index contributed by atoms with van der Waals surface area (Å²) in [7, 11) is -3.47. The zero-order valence-electron chi connectivity index (χ0n) is 14.8. The molecule has 1 amide bonds. The summed E-state index contributed by atoms with van der Waals surface area (Å²) in [4.78, 5) is 11.5. The molecule has 1 aliphatic heterocycles. The maximum Gasteiger partial charge on any atom is 0.269 e. The van der Waals surface area contributed by atoms with Crippen molar-refractivity contribution in [3.63, 3.8) is 0 Å². The molecule has 1 aromatic carbocycles. The third-order valence-corrected chi connectivity index (χ3v) is 6.76. The highest BCUT2D eigenvalue weighted by Gasteiger charge is 2.30. The molecular weight excluding hydrogens is 352 g/mol. The average molecular weight is 376 g/mol. The highest BCUT2D eigenvalue weighted by molar-refractivity contribution is 7.89. The number of sulfonamides is 1. The number of piperidine rings is 1. The molecule has 3 N–H and O–H groups in total. The van der Waals surface area contributed by atoms with Crippen molar-refractivity contribution in [1.29, 1.82) is 0 Å². The summed E-state index contributed by atoms with van der Waals surface area (Å²) in [6.45, 7) is 2.98. The van der Waals surface area contributed by atoms with Gasteiger partial charge in [0.2, 0.25) is 10.0 Å². The Morgan fingerprint density at radius 2 is 1.92 bits per heavy atom. The fraction of sp³-hybridized carbons (Fsp3) is 0.444. The monoisotopic (exact) mass is 376 g/mol. The topological polar surface area (TPSA) is 109 Å². The Kier molecular flexibility index (Phi) is 5.43. The molecule has 26 heavy (non-hydrogen) atoms. The van der Waals surface area contributed by atoms with Crippen LogP contribution in [0, 0.1) is 0 Å². The molecule has 2 aromatic rings. The smallest absolute Gasteiger partial charge is 0.269 e. The molecule has 1 aliphatic rings. The minimum atomic E-state index is -3.47. The molecule has 0 bridgehead atoms. The van der Waals surface area contributed by atoms with Gasteiger partial charge in [-0.2, -0.15) is 9.40 Å². The number of aromatic nitrogens is 2. The first-order valence-corrected chi connectivity index (χ1v) is 10.3. The summed E-state index contributed by atoms with van der Waals surface area (Å²) in [5, 5.41) is 6.74. The van der Waals surface area contributed by atoms with E-state index in [2.05, 4.69) is 17.1 Å². The minimum Gasteiger partial charge on any atom is -0.364 e. The van der Waals surface area contributed by atoms with E-state index in [1.165, 1.54) is 4.31 Å². The van der Waals surface area contributed by atoms with Crippen LogP contribution in [0.4, 0.5) is 0 Å². The lowest BCUT2D eigenvalue weighted by atomic mass is 9.94. The van der Waals surface area contributed by atoms with Gasteiger partial charge < -0.3 is 5.73 Å². The van der Waals surface area contributed by atoms with E-state index in [0.29, 0.717) is 30.8 Å². The number of nitrogens with zero attached hydrogens (tertiary/aromatic N) is 2. The Balaban J connectivity index is 1.67. The van der Waals surface area contributed by atoms with E-state index >= 15 is 0 Å². The number of nitrogens with one attached hydrogen (secondary N) is 1. The van der Waals surface area contributed by atoms with Gasteiger partial charge in [-0.05, 0) is 43.0 Å². The van der Waals surface area contributed by atoms with Gasteiger partial charge >= 0.3 is 0 Å². The Morgan fingerprint density at radius 1 is 1.27 bits per heavy atom. The zero-order valence-corrected chi connectivity index (χ0v) is 15.6. The molecule has 1 saturated heterocycles. The van der Waals surface area contributed by atoms with E-state index in [0.717, 1.165) is 24.1 Å². The van der Waals surface area contributed by atoms with Crippen molar-refractivity contribution < 1.29 is 13.2 Å². The van der Waals surface area contributed by atoms with Crippen molar-refractivity contribution in [3.05, 3.63) is 47.3 Å². The normalized spacial score (nSPS) is 16.7. The molecule has 3 rings (SSSR count). The molecule has 1 fully saturated rings. The maximum atomic E-state index is 12.8. The van der Waals surface area contributed by atoms with E-state index in [1.54, 1.807) is 18.2 Å². The lowest BCUT2D eigenvalue weighted by Gasteiger charge is -2.30. The third-order valence-electron chi connectivity index (χ3n) is 4.84. The number of rotatable bonds is 6. The second kappa shape index (κ2) is 7.59. The minimum absolute atomic E-state index is 0.147. The van der Waals surface area contributed by atoms with Gasteiger partial charge in [-0.1, -0.05) is 25.5 Å². The molecule has 1 aromatic heterocycles. The van der Waals surface area contributed by atoms with Gasteiger partial charge in [0.1, 0.15) is 5.69 Å². The van der Waals surface area contributed by atoms with Crippen molar-refractivity contribution in [3.8, 4) is 0 Å². The Morgan fingerprint density at radius 3 is 2.46 bits per heavy atom. The largest absolute Gasteiger partial charge is 0.364 e. The van der Waals surface area contributed by atoms with E-state index in [4.69, 9.17) is 5.73 Å². The van der Waals surface area contributed by atoms with Crippen LogP contribution in [0.3, 0.4) is 0 Å². The summed E-state index contributed by atoms with van der Waals surface area (Å²) in [5.74, 6) is -0.423. The van der Waals surface area contributed by atoms with Gasteiger partial charge in [-0.3, -0.25) is 9.89 Å². The van der Waals surface area contributed by atoms with E-state index in [9.17, 15) is 13.2 Å². The second-order valence-electron chi connectivity index (χ2n) is 6.65. The van der Waals surface area contributed by atoms with E-state index < -0.39 is 15.9 Å². The molecule has 2 heterocycles. The number of primary amides is 1. The first-order chi connectivity index (χ1) is 12.4. The highest BCUT2D eigenvalue weighted by atomic mass is 32.2. The maximum absolute atomic E-state index is 12.8. The van der Waals surface area contributed by atoms with Crippen molar-refractivity contribution in [1.82, 2.24) is 14.5 Å². The first-order valence-electron chi connectivity index (χ1n) is 8.86. The molecular formula is C18H24N4O3S. The zero-order chi connectivity index (χ0) is 18.7. The van der Waals surface area contributed by atoms with Crippen LogP contribution >= 0.6 is 0 Å². The van der Waals surface area contributed by atoms with Crippen LogP contribution in [0.5, 0.6) is 0 Å². The summed E-state index contributed by atoms with van der Waals surface area (Å²) in [5.41, 5.74) is 7.41. The van der Waals surface area contributed by atoms with Gasteiger partial charge in [-0.25, -0.2) is 8.42 Å². The highest BCUT2D eigenvalue weighted by Crippen LogP contribution is 2.30. The van der Waals surface area contributed by atoms with Crippen LogP contribution in [0.25, 0.3) is 0 Å². The fourth-order valence-electron chi connectivity index (χ4n) is 3.34. The Hall–Kier alpha value is -2.19. The second-order valence-corrected chi connectivity index (χ2v) is 8.58. The predicted octanol–water partition coefficient (Wildman–Crippen LogP) is 2.03. The first kappa shape index (κ1) is 18.6. The molecule has 0 unspecified atom stereocenters. The lowest BCUT2D eigenvalue weighted by molar-refractivity contribution is 0.0995. The van der Waals surface area contributed by atoms with Crippen LogP contribution in [-0.4, -0.2) is 41.9 Å². The summed E-state index contributed by atoms with van der Waals surface area (Å²) < 4.78 is 27.2. The number of aromatic amines is 1. The van der Waals surface area contributed by atoms with Crippen LogP contribution in [0.15, 0.2) is 35.2 Å². The van der Waals surface area contributed by atoms with Crippen LogP contribution < -0.4 is 5.73 Å². The number of carbonyl (C=O) groups excluding carboxylic acids is 1. The van der Waals surface area contributed by atoms with Gasteiger partial charge in [0, 0.05) is 24.7 Å². The van der Waals surface area contributed by atoms with Crippen LogP contribution in [0.1, 0.15) is 53.8 Å². The summed E-state index contributed by atoms with van der Waals surface area (Å²) in [6.07, 6.45) is 3.33. The molecule has 0 saturated carbocycles. The number of aryl methyl sites for hydroxylation is 1. The average Bonchev–Trinajstić information content (AvgIpc) is 3.13. The predicted molar refractivity (Wildman–Crippen MR) is 98.3 cm³/mol. The molecule has 140 valence electrons. The lowest BCUT2D eigenvalue weighted by Crippen LogP contribution is -2.37. The van der Waals surface area contributed by atoms with Gasteiger partial charge in [0.25, 0.3) is 5.91 Å². The van der Waals surface area contributed by atoms with E-state index in [1.807, 2.05) is 12.1 Å². The summed E-state index contributed by atoms with van der Waals surface area (Å²) >= 11 is 0. The number of hydrogen-bond donors (Lipinski definition) is 2. The van der Waals surface area contributed by atoms with Gasteiger partial charge in [0.05, 0.1) is 4.90 Å². The number of amides is 1. The van der Waals surface area contributed by atoms with E-state index in [-0.39, 0.29) is 11.6 Å². The molecule has 0 radical (unpaired) electrons. The van der Waals surface area contributed by atoms with Gasteiger partial charge in [0.15, 0.2) is 0 Å². The van der Waals surface area contributed by atoms with Gasteiger partial charge in [-0.15, -0.1) is 0 Å². The van der Waals surface area contributed by atoms with Crippen molar-refractivity contribution >= 4 is 15.9 Å². The number of benzene rings is 1. The Labute approximate surface area is 153 Å². The molecule has 0 spiro atoms. The number of carbonyl (C=O) groups is 1. The number of H-pyrrole nitrogens is 1. The SMILES string of the molecule is CCCc1ccc(S(=O)(=O)N2CCC(c3cc(C(N)=O)n[nH]3)CC2)cc1. The molecule has 0 atom stereocenters. The third kappa shape index (κ3) is 3.81. The van der Waals surface area contributed by atoms with Crippen molar-refractivity contribution in [2.24, 2.45) is 5.73 Å². The molecule has 8 heteroatoms. The number of nitrogens with two attached hydrogens (primary N) is 1. The molecule has 0 aliphatic carbocycles. The quantitative estimate of drug-likeness (QED) is 0.804. The number of hydrogen-bond acceptors (Lipinski definition) is 4. The molecule has 7 nitrogen and oxygen atoms in total. The van der Waals surface area contributed by atoms with Crippen molar-refractivity contribution in [2.45, 2.75) is 43.4 Å². The van der Waals surface area contributed by atoms with Crippen molar-refractivity contribution in [2.75, 3.05) is 13.1 Å².